The molecule has 1 aliphatic carbocycles. The summed E-state index contributed by atoms with van der Waals surface area (Å²) in [5.41, 5.74) is 2.76. The molecule has 1 fully saturated rings. The minimum absolute atomic E-state index is 0.189. The first-order valence-electron chi connectivity index (χ1n) is 7.52. The smallest absolute Gasteiger partial charge is 0.313 e. The van der Waals surface area contributed by atoms with E-state index in [1.807, 2.05) is 25.1 Å². The van der Waals surface area contributed by atoms with Gasteiger partial charge in [-0.3, -0.25) is 9.59 Å². The van der Waals surface area contributed by atoms with Gasteiger partial charge in [-0.2, -0.15) is 0 Å². The highest BCUT2D eigenvalue weighted by Gasteiger charge is 2.26. The van der Waals surface area contributed by atoms with Crippen molar-refractivity contribution in [2.24, 2.45) is 0 Å². The Morgan fingerprint density at radius 1 is 1.19 bits per heavy atom. The highest BCUT2D eigenvalue weighted by Crippen LogP contribution is 2.23. The van der Waals surface area contributed by atoms with Gasteiger partial charge in [0, 0.05) is 30.5 Å². The molecular formula is C16H23N3O2. The van der Waals surface area contributed by atoms with Crippen molar-refractivity contribution in [1.29, 1.82) is 0 Å². The number of hydrogen-bond donors (Lipinski definition) is 2. The Kier molecular flexibility index (Phi) is 4.83. The topological polar surface area (TPSA) is 61.4 Å². The molecule has 0 spiro atoms. The van der Waals surface area contributed by atoms with Gasteiger partial charge in [0.2, 0.25) is 0 Å². The summed E-state index contributed by atoms with van der Waals surface area (Å²) < 4.78 is 0. The van der Waals surface area contributed by atoms with E-state index >= 15 is 0 Å². The van der Waals surface area contributed by atoms with E-state index in [1.165, 1.54) is 0 Å². The summed E-state index contributed by atoms with van der Waals surface area (Å²) >= 11 is 0. The molecule has 0 atom stereocenters. The van der Waals surface area contributed by atoms with Crippen LogP contribution in [0.3, 0.4) is 0 Å². The maximum Gasteiger partial charge on any atom is 0.313 e. The molecule has 2 N–H and O–H groups in total. The van der Waals surface area contributed by atoms with Crippen LogP contribution in [0, 0.1) is 6.92 Å². The van der Waals surface area contributed by atoms with Crippen LogP contribution in [0.1, 0.15) is 32.3 Å². The highest BCUT2D eigenvalue weighted by molar-refractivity contribution is 6.39. The molecule has 0 heterocycles. The number of aryl methyl sites for hydroxylation is 1. The number of rotatable bonds is 5. The molecule has 0 aromatic heterocycles. The molecule has 114 valence electrons. The monoisotopic (exact) mass is 289 g/mol. The highest BCUT2D eigenvalue weighted by atomic mass is 16.2. The molecule has 5 heteroatoms. The second kappa shape index (κ2) is 6.61. The van der Waals surface area contributed by atoms with Gasteiger partial charge in [0.25, 0.3) is 0 Å². The SMILES string of the molecule is CCN(CC)c1ccc(NC(=O)C(=O)NC2CC2)c(C)c1. The molecule has 0 radical (unpaired) electrons. The van der Waals surface area contributed by atoms with Gasteiger partial charge in [-0.1, -0.05) is 0 Å². The zero-order valence-corrected chi connectivity index (χ0v) is 12.9. The molecule has 1 aromatic rings. The van der Waals surface area contributed by atoms with E-state index in [0.717, 1.165) is 37.2 Å². The van der Waals surface area contributed by atoms with Gasteiger partial charge in [-0.15, -0.1) is 0 Å². The number of benzene rings is 1. The Labute approximate surface area is 125 Å². The molecule has 0 aliphatic heterocycles. The quantitative estimate of drug-likeness (QED) is 0.816. The normalized spacial score (nSPS) is 13.7. The van der Waals surface area contributed by atoms with Gasteiger partial charge in [-0.25, -0.2) is 0 Å². The first kappa shape index (κ1) is 15.4. The van der Waals surface area contributed by atoms with Gasteiger partial charge >= 0.3 is 11.8 Å². The molecule has 2 amide bonds. The average Bonchev–Trinajstić information content (AvgIpc) is 3.26. The summed E-state index contributed by atoms with van der Waals surface area (Å²) in [5.74, 6) is -1.15. The van der Waals surface area contributed by atoms with Gasteiger partial charge in [-0.05, 0) is 57.4 Å². The van der Waals surface area contributed by atoms with E-state index in [2.05, 4.69) is 29.4 Å². The predicted octanol–water partition coefficient (Wildman–Crippen LogP) is 2.06. The second-order valence-electron chi connectivity index (χ2n) is 5.37. The summed E-state index contributed by atoms with van der Waals surface area (Å²) in [5, 5.41) is 5.36. The Bertz CT molecular complexity index is 534. The zero-order valence-electron chi connectivity index (χ0n) is 12.9. The average molecular weight is 289 g/mol. The number of amides is 2. The minimum Gasteiger partial charge on any atom is -0.372 e. The van der Waals surface area contributed by atoms with E-state index in [4.69, 9.17) is 0 Å². The lowest BCUT2D eigenvalue weighted by Crippen LogP contribution is -2.36. The van der Waals surface area contributed by atoms with Crippen LogP contribution in [-0.2, 0) is 9.59 Å². The van der Waals surface area contributed by atoms with E-state index in [0.29, 0.717) is 5.69 Å². The summed E-state index contributed by atoms with van der Waals surface area (Å²) in [7, 11) is 0. The number of carbonyl (C=O) groups is 2. The van der Waals surface area contributed by atoms with Crippen molar-refractivity contribution in [3.8, 4) is 0 Å². The van der Waals surface area contributed by atoms with Crippen molar-refractivity contribution in [2.75, 3.05) is 23.3 Å². The van der Waals surface area contributed by atoms with Crippen LogP contribution < -0.4 is 15.5 Å². The van der Waals surface area contributed by atoms with E-state index in [-0.39, 0.29) is 6.04 Å². The predicted molar refractivity (Wildman–Crippen MR) is 84.5 cm³/mol. The lowest BCUT2D eigenvalue weighted by molar-refractivity contribution is -0.136. The Morgan fingerprint density at radius 3 is 2.38 bits per heavy atom. The number of nitrogens with one attached hydrogen (secondary N) is 2. The number of carbonyl (C=O) groups excluding carboxylic acids is 2. The van der Waals surface area contributed by atoms with Crippen LogP contribution in [0.25, 0.3) is 0 Å². The maximum absolute atomic E-state index is 11.8. The largest absolute Gasteiger partial charge is 0.372 e. The van der Waals surface area contributed by atoms with E-state index in [1.54, 1.807) is 0 Å². The molecule has 0 saturated heterocycles. The molecule has 2 rings (SSSR count). The van der Waals surface area contributed by atoms with Crippen molar-refractivity contribution in [2.45, 2.75) is 39.7 Å². The zero-order chi connectivity index (χ0) is 15.4. The number of hydrogen-bond acceptors (Lipinski definition) is 3. The fourth-order valence-corrected chi connectivity index (χ4v) is 2.23. The third-order valence-corrected chi connectivity index (χ3v) is 3.71. The van der Waals surface area contributed by atoms with Crippen molar-refractivity contribution in [1.82, 2.24) is 5.32 Å². The van der Waals surface area contributed by atoms with E-state index < -0.39 is 11.8 Å². The van der Waals surface area contributed by atoms with Crippen molar-refractivity contribution >= 4 is 23.2 Å². The Hall–Kier alpha value is -2.04. The van der Waals surface area contributed by atoms with Crippen molar-refractivity contribution < 1.29 is 9.59 Å². The molecule has 0 bridgehead atoms. The van der Waals surface area contributed by atoms with Crippen LogP contribution >= 0.6 is 0 Å². The van der Waals surface area contributed by atoms with Crippen LogP contribution in [0.5, 0.6) is 0 Å². The van der Waals surface area contributed by atoms with Gasteiger partial charge in [0.15, 0.2) is 0 Å². The second-order valence-corrected chi connectivity index (χ2v) is 5.37. The van der Waals surface area contributed by atoms with Crippen LogP contribution in [0.4, 0.5) is 11.4 Å². The standard InChI is InChI=1S/C16H23N3O2/c1-4-19(5-2)13-8-9-14(11(3)10-13)18-16(21)15(20)17-12-6-7-12/h8-10,12H,4-7H2,1-3H3,(H,17,20)(H,18,21). The molecule has 21 heavy (non-hydrogen) atoms. The lowest BCUT2D eigenvalue weighted by atomic mass is 10.1. The number of nitrogens with zero attached hydrogens (tertiary/aromatic N) is 1. The molecule has 5 nitrogen and oxygen atoms in total. The van der Waals surface area contributed by atoms with Gasteiger partial charge < -0.3 is 15.5 Å². The van der Waals surface area contributed by atoms with Crippen LogP contribution in [0.2, 0.25) is 0 Å². The van der Waals surface area contributed by atoms with Gasteiger partial charge in [0.05, 0.1) is 0 Å². The minimum atomic E-state index is -0.597. The molecule has 1 aromatic carbocycles. The first-order valence-corrected chi connectivity index (χ1v) is 7.52. The number of anilines is 2. The molecular weight excluding hydrogens is 266 g/mol. The first-order chi connectivity index (χ1) is 10.0. The third kappa shape index (κ3) is 3.97. The Morgan fingerprint density at radius 2 is 1.86 bits per heavy atom. The summed E-state index contributed by atoms with van der Waals surface area (Å²) in [6.07, 6.45) is 1.94. The fraction of sp³-hybridized carbons (Fsp3) is 0.500. The molecule has 1 saturated carbocycles. The van der Waals surface area contributed by atoms with E-state index in [9.17, 15) is 9.59 Å². The van der Waals surface area contributed by atoms with Crippen molar-refractivity contribution in [3.63, 3.8) is 0 Å². The van der Waals surface area contributed by atoms with Gasteiger partial charge in [0.1, 0.15) is 0 Å². The summed E-state index contributed by atoms with van der Waals surface area (Å²) in [4.78, 5) is 25.7. The molecule has 1 aliphatic rings. The third-order valence-electron chi connectivity index (χ3n) is 3.71. The maximum atomic E-state index is 11.8. The van der Waals surface area contributed by atoms with Crippen LogP contribution in [0.15, 0.2) is 18.2 Å². The molecule has 0 unspecified atom stereocenters. The summed E-state index contributed by atoms with van der Waals surface area (Å²) in [6.45, 7) is 8.02. The lowest BCUT2D eigenvalue weighted by Gasteiger charge is -2.22. The fourth-order valence-electron chi connectivity index (χ4n) is 2.23. The van der Waals surface area contributed by atoms with Crippen molar-refractivity contribution in [3.05, 3.63) is 23.8 Å². The Balaban J connectivity index is 2.02. The van der Waals surface area contributed by atoms with Crippen LogP contribution in [-0.4, -0.2) is 30.9 Å². The summed E-state index contributed by atoms with van der Waals surface area (Å²) in [6, 6.07) is 6.04.